The minimum absolute atomic E-state index is 0.0549. The molecule has 0 saturated heterocycles. The third-order valence-electron chi connectivity index (χ3n) is 8.54. The maximum atomic E-state index is 13.9. The molecule has 0 radical (unpaired) electrons. The highest BCUT2D eigenvalue weighted by molar-refractivity contribution is 6.24. The van der Waals surface area contributed by atoms with Crippen molar-refractivity contribution in [1.82, 2.24) is 4.90 Å². The van der Waals surface area contributed by atoms with Crippen molar-refractivity contribution < 1.29 is 39.5 Å². The summed E-state index contributed by atoms with van der Waals surface area (Å²) in [5.74, 6) is -5.83. The van der Waals surface area contributed by atoms with Gasteiger partial charge in [0.25, 0.3) is 5.91 Å². The van der Waals surface area contributed by atoms with Crippen LogP contribution >= 0.6 is 0 Å². The number of hydrogen-bond donors (Lipinski definition) is 5. The average molecular weight is 549 g/mol. The fourth-order valence-electron chi connectivity index (χ4n) is 6.61. The second-order valence-electron chi connectivity index (χ2n) is 10.9. The Kier molecular flexibility index (Phi) is 6.71. The molecule has 0 heterocycles. The Labute approximate surface area is 231 Å². The van der Waals surface area contributed by atoms with E-state index in [1.165, 1.54) is 11.0 Å². The Morgan fingerprint density at radius 2 is 1.75 bits per heavy atom. The number of aliphatic hydroxyl groups is 3. The molecule has 3 aliphatic carbocycles. The normalized spacial score (nSPS) is 26.0. The fourth-order valence-corrected chi connectivity index (χ4v) is 6.61. The number of likely N-dealkylation sites (N-methyl/N-ethyl adjacent to an activating group) is 1. The number of primary amides is 1. The minimum Gasteiger partial charge on any atom is -0.508 e. The van der Waals surface area contributed by atoms with Gasteiger partial charge in [0.1, 0.15) is 28.6 Å². The molecule has 1 amide bonds. The van der Waals surface area contributed by atoms with E-state index in [-0.39, 0.29) is 29.7 Å². The highest BCUT2D eigenvalue weighted by atomic mass is 16.5. The van der Waals surface area contributed by atoms with E-state index in [2.05, 4.69) is 0 Å². The highest BCUT2D eigenvalue weighted by Gasteiger charge is 2.64. The molecular weight excluding hydrogens is 516 g/mol. The Morgan fingerprint density at radius 3 is 2.35 bits per heavy atom. The molecule has 0 spiro atoms. The summed E-state index contributed by atoms with van der Waals surface area (Å²) >= 11 is 0. The van der Waals surface area contributed by atoms with Crippen LogP contribution in [0.2, 0.25) is 0 Å². The number of phenols is 1. The lowest BCUT2D eigenvalue weighted by Crippen LogP contribution is -2.65. The lowest BCUT2D eigenvalue weighted by Gasteiger charge is -2.50. The first kappa shape index (κ1) is 27.4. The lowest BCUT2D eigenvalue weighted by molar-refractivity contribution is -0.153. The molecule has 1 saturated carbocycles. The zero-order valence-electron chi connectivity index (χ0n) is 22.5. The number of benzene rings is 2. The van der Waals surface area contributed by atoms with Gasteiger partial charge >= 0.3 is 0 Å². The predicted molar refractivity (Wildman–Crippen MR) is 145 cm³/mol. The molecule has 10 heteroatoms. The molecule has 2 aromatic rings. The first-order chi connectivity index (χ1) is 18.9. The van der Waals surface area contributed by atoms with Gasteiger partial charge in [0.2, 0.25) is 5.78 Å². The Balaban J connectivity index is 1.59. The van der Waals surface area contributed by atoms with Crippen molar-refractivity contribution in [2.24, 2.45) is 17.6 Å². The number of nitrogens with two attached hydrogens (primary N) is 1. The van der Waals surface area contributed by atoms with Crippen LogP contribution < -0.4 is 10.5 Å². The van der Waals surface area contributed by atoms with Crippen molar-refractivity contribution in [3.63, 3.8) is 0 Å². The summed E-state index contributed by atoms with van der Waals surface area (Å²) in [6.45, 7) is 0. The van der Waals surface area contributed by atoms with Crippen LogP contribution in [0.5, 0.6) is 11.5 Å². The summed E-state index contributed by atoms with van der Waals surface area (Å²) in [4.78, 5) is 40.7. The molecule has 0 bridgehead atoms. The third kappa shape index (κ3) is 3.98. The third-order valence-corrected chi connectivity index (χ3v) is 8.54. The molecule has 0 aromatic heterocycles. The number of carbonyl (C=O) groups excluding carboxylic acids is 3. The van der Waals surface area contributed by atoms with Gasteiger partial charge in [-0.05, 0) is 80.6 Å². The van der Waals surface area contributed by atoms with E-state index < -0.39 is 58.0 Å². The number of nitrogens with zero attached hydrogens (tertiary/aromatic N) is 1. The first-order valence-electron chi connectivity index (χ1n) is 13.0. The number of aromatic hydroxyl groups is 1. The second-order valence-corrected chi connectivity index (χ2v) is 10.9. The van der Waals surface area contributed by atoms with E-state index in [9.17, 15) is 34.8 Å². The molecule has 40 heavy (non-hydrogen) atoms. The van der Waals surface area contributed by atoms with E-state index in [1.807, 2.05) is 24.3 Å². The van der Waals surface area contributed by atoms with Gasteiger partial charge < -0.3 is 30.9 Å². The van der Waals surface area contributed by atoms with Crippen LogP contribution in [0.15, 0.2) is 53.3 Å². The van der Waals surface area contributed by atoms with Crippen molar-refractivity contribution in [1.29, 1.82) is 0 Å². The largest absolute Gasteiger partial charge is 0.508 e. The number of aryl methyl sites for hydroxylation is 2. The van der Waals surface area contributed by atoms with Gasteiger partial charge in [0.05, 0.1) is 18.7 Å². The number of ketones is 2. The summed E-state index contributed by atoms with van der Waals surface area (Å²) < 4.78 is 5.22. The first-order valence-corrected chi connectivity index (χ1v) is 13.0. The van der Waals surface area contributed by atoms with E-state index in [1.54, 1.807) is 27.3 Å². The summed E-state index contributed by atoms with van der Waals surface area (Å²) in [5.41, 5.74) is 4.46. The van der Waals surface area contributed by atoms with E-state index in [0.717, 1.165) is 16.9 Å². The average Bonchev–Trinajstić information content (AvgIpc) is 2.90. The Hall–Kier alpha value is -4.15. The zero-order valence-corrected chi connectivity index (χ0v) is 22.5. The molecule has 210 valence electrons. The van der Waals surface area contributed by atoms with Gasteiger partial charge in [-0.15, -0.1) is 0 Å². The minimum atomic E-state index is -2.65. The maximum absolute atomic E-state index is 13.9. The van der Waals surface area contributed by atoms with Crippen molar-refractivity contribution in [2.75, 3.05) is 21.2 Å². The number of aliphatic hydroxyl groups excluding tert-OH is 2. The number of hydrogen-bond acceptors (Lipinski definition) is 9. The molecule has 10 nitrogen and oxygen atoms in total. The quantitative estimate of drug-likeness (QED) is 0.338. The van der Waals surface area contributed by atoms with Gasteiger partial charge in [0.15, 0.2) is 11.4 Å². The number of ether oxygens (including phenoxy) is 1. The standard InChI is InChI=1S/C30H32N2O8/c1-32(2)24-19-13-16-12-18-15(7-4-14-5-9-17(40-3)10-6-14)8-11-20(33)22(18)25(34)21(16)27(36)30(19,39)28(37)23(26(24)35)29(31)38/h5-6,8-11,16,19,24,33-34,37,39H,4,7,12-13H2,1-3H3,(H2,31,38)/t16?,19?,24-,30-/m0/s1. The van der Waals surface area contributed by atoms with E-state index >= 15 is 0 Å². The molecule has 2 unspecified atom stereocenters. The van der Waals surface area contributed by atoms with Crippen LogP contribution in [-0.2, 0) is 33.6 Å². The van der Waals surface area contributed by atoms with Crippen molar-refractivity contribution >= 4 is 23.2 Å². The predicted octanol–water partition coefficient (Wildman–Crippen LogP) is 1.76. The summed E-state index contributed by atoms with van der Waals surface area (Å²) in [6.07, 6.45) is 1.59. The van der Waals surface area contributed by atoms with Crippen LogP contribution in [0.25, 0.3) is 5.76 Å². The van der Waals surface area contributed by atoms with Gasteiger partial charge in [-0.1, -0.05) is 18.2 Å². The molecule has 4 atom stereocenters. The van der Waals surface area contributed by atoms with Crippen LogP contribution in [0.3, 0.4) is 0 Å². The number of fused-ring (bicyclic) bond motifs is 3. The van der Waals surface area contributed by atoms with Crippen LogP contribution in [0.4, 0.5) is 0 Å². The number of amides is 1. The van der Waals surface area contributed by atoms with Gasteiger partial charge in [-0.25, -0.2) is 0 Å². The monoisotopic (exact) mass is 548 g/mol. The number of rotatable bonds is 6. The van der Waals surface area contributed by atoms with Crippen LogP contribution in [0, 0.1) is 11.8 Å². The summed E-state index contributed by atoms with van der Waals surface area (Å²) in [6, 6.07) is 9.80. The van der Waals surface area contributed by atoms with Gasteiger partial charge in [-0.2, -0.15) is 0 Å². The van der Waals surface area contributed by atoms with Crippen molar-refractivity contribution in [2.45, 2.75) is 37.3 Å². The number of phenolic OH excluding ortho intramolecular Hbond substituents is 1. The van der Waals surface area contributed by atoms with Gasteiger partial charge in [-0.3, -0.25) is 19.3 Å². The molecule has 5 rings (SSSR count). The zero-order chi connectivity index (χ0) is 29.1. The topological polar surface area (TPSA) is 171 Å². The highest BCUT2D eigenvalue weighted by Crippen LogP contribution is 2.53. The lowest BCUT2D eigenvalue weighted by atomic mass is 9.57. The van der Waals surface area contributed by atoms with E-state index in [4.69, 9.17) is 10.5 Å². The molecular formula is C30H32N2O8. The smallest absolute Gasteiger partial charge is 0.255 e. The number of Topliss-reactive ketones (excluding diaryl/α,β-unsaturated/α-hetero) is 2. The Bertz CT molecular complexity index is 1490. The number of carbonyl (C=O) groups is 3. The summed E-state index contributed by atoms with van der Waals surface area (Å²) in [5, 5.41) is 44.7. The van der Waals surface area contributed by atoms with Crippen molar-refractivity contribution in [3.05, 3.63) is 75.6 Å². The van der Waals surface area contributed by atoms with E-state index in [0.29, 0.717) is 18.4 Å². The maximum Gasteiger partial charge on any atom is 0.255 e. The van der Waals surface area contributed by atoms with Crippen LogP contribution in [-0.4, -0.2) is 75.6 Å². The SMILES string of the molecule is COc1ccc(CCc2ccc(O)c3c2CC2CC4[C@H](N(C)C)C(=O)C(C(N)=O)=C(O)[C@@]4(O)C(=O)C2=C3O)cc1. The molecule has 0 aliphatic heterocycles. The Morgan fingerprint density at radius 1 is 1.07 bits per heavy atom. The van der Waals surface area contributed by atoms with Crippen LogP contribution in [0.1, 0.15) is 28.7 Å². The number of methoxy groups -OCH3 is 1. The van der Waals surface area contributed by atoms with Crippen molar-refractivity contribution in [3.8, 4) is 11.5 Å². The molecule has 3 aliphatic rings. The molecule has 2 aromatic carbocycles. The molecule has 6 N–H and O–H groups in total. The fraction of sp³-hybridized carbons (Fsp3) is 0.367. The molecule has 1 fully saturated rings. The summed E-state index contributed by atoms with van der Waals surface area (Å²) in [7, 11) is 4.74. The van der Waals surface area contributed by atoms with Gasteiger partial charge in [0, 0.05) is 11.5 Å². The second kappa shape index (κ2) is 9.79.